The highest BCUT2D eigenvalue weighted by Gasteiger charge is 2.20. The van der Waals surface area contributed by atoms with Crippen molar-refractivity contribution in [3.8, 4) is 0 Å². The Kier molecular flexibility index (Phi) is 9.72. The number of thiophene rings is 1. The molecule has 1 saturated heterocycles. The largest absolute Gasteiger partial charge is 0.363 e. The molecule has 1 aliphatic rings. The van der Waals surface area contributed by atoms with Gasteiger partial charge in [0.05, 0.1) is 11.5 Å². The maximum absolute atomic E-state index is 11.8. The molecule has 2 aromatic rings. The van der Waals surface area contributed by atoms with Gasteiger partial charge in [-0.1, -0.05) is 12.1 Å². The number of anilines is 1. The third-order valence-electron chi connectivity index (χ3n) is 4.83. The van der Waals surface area contributed by atoms with Crippen molar-refractivity contribution >= 4 is 52.2 Å². The van der Waals surface area contributed by atoms with Crippen molar-refractivity contribution in [2.75, 3.05) is 31.6 Å². The number of benzene rings is 1. The molecule has 2 heterocycles. The van der Waals surface area contributed by atoms with Gasteiger partial charge in [0.1, 0.15) is 0 Å². The minimum absolute atomic E-state index is 0. The number of carbonyl (C=O) groups is 1. The smallest absolute Gasteiger partial charge is 0.251 e. The summed E-state index contributed by atoms with van der Waals surface area (Å²) in [5.41, 5.74) is 1.68. The van der Waals surface area contributed by atoms with Gasteiger partial charge in [0.15, 0.2) is 5.96 Å². The van der Waals surface area contributed by atoms with E-state index in [1.54, 1.807) is 18.4 Å². The van der Waals surface area contributed by atoms with Crippen molar-refractivity contribution in [3.05, 3.63) is 52.9 Å². The van der Waals surface area contributed by atoms with Gasteiger partial charge < -0.3 is 20.9 Å². The molecule has 1 amide bonds. The van der Waals surface area contributed by atoms with E-state index >= 15 is 0 Å². The van der Waals surface area contributed by atoms with Crippen LogP contribution in [0.2, 0.25) is 0 Å². The molecule has 0 aliphatic carbocycles. The number of amides is 1. The number of aliphatic imine (C=N–C) groups is 1. The molecule has 0 atom stereocenters. The molecule has 6 nitrogen and oxygen atoms in total. The van der Waals surface area contributed by atoms with Gasteiger partial charge in [0.25, 0.3) is 5.91 Å². The van der Waals surface area contributed by atoms with Crippen LogP contribution in [0.4, 0.5) is 5.00 Å². The first-order chi connectivity index (χ1) is 13.7. The number of hydrogen-bond acceptors (Lipinski definition) is 4. The number of halogens is 1. The van der Waals surface area contributed by atoms with Crippen molar-refractivity contribution in [2.24, 2.45) is 4.99 Å². The molecule has 0 saturated carbocycles. The SMILES string of the molecule is CCNC(=NCc1cccc(C(=O)NC)c1)NC1CCN(c2cccs2)CC1.I. The van der Waals surface area contributed by atoms with Crippen LogP contribution in [0, 0.1) is 0 Å². The Morgan fingerprint density at radius 2 is 2.03 bits per heavy atom. The van der Waals surface area contributed by atoms with Gasteiger partial charge in [-0.3, -0.25) is 4.79 Å². The Balaban J connectivity index is 0.00000300. The minimum Gasteiger partial charge on any atom is -0.363 e. The van der Waals surface area contributed by atoms with E-state index in [0.717, 1.165) is 44.0 Å². The number of carbonyl (C=O) groups excluding carboxylic acids is 1. The Morgan fingerprint density at radius 1 is 1.24 bits per heavy atom. The third-order valence-corrected chi connectivity index (χ3v) is 5.76. The molecule has 1 aromatic carbocycles. The second-order valence-corrected chi connectivity index (χ2v) is 7.76. The lowest BCUT2D eigenvalue weighted by Gasteiger charge is -2.33. The van der Waals surface area contributed by atoms with Gasteiger partial charge >= 0.3 is 0 Å². The van der Waals surface area contributed by atoms with E-state index in [1.807, 2.05) is 24.3 Å². The fourth-order valence-corrected chi connectivity index (χ4v) is 4.12. The number of guanidine groups is 1. The zero-order valence-electron chi connectivity index (χ0n) is 17.0. The molecule has 1 fully saturated rings. The Morgan fingerprint density at radius 3 is 2.69 bits per heavy atom. The van der Waals surface area contributed by atoms with Crippen molar-refractivity contribution < 1.29 is 4.79 Å². The molecule has 3 rings (SSSR count). The highest BCUT2D eigenvalue weighted by molar-refractivity contribution is 14.0. The quantitative estimate of drug-likeness (QED) is 0.306. The summed E-state index contributed by atoms with van der Waals surface area (Å²) in [6.07, 6.45) is 2.18. The van der Waals surface area contributed by atoms with Gasteiger partial charge in [0.2, 0.25) is 0 Å². The summed E-state index contributed by atoms with van der Waals surface area (Å²) in [6, 6.07) is 12.3. The average molecular weight is 527 g/mol. The number of hydrogen-bond donors (Lipinski definition) is 3. The zero-order valence-corrected chi connectivity index (χ0v) is 20.1. The highest BCUT2D eigenvalue weighted by atomic mass is 127. The fraction of sp³-hybridized carbons (Fsp3) is 0.429. The molecule has 8 heteroatoms. The van der Waals surface area contributed by atoms with Gasteiger partial charge in [-0.25, -0.2) is 4.99 Å². The minimum atomic E-state index is -0.0756. The van der Waals surface area contributed by atoms with Crippen molar-refractivity contribution in [3.63, 3.8) is 0 Å². The van der Waals surface area contributed by atoms with Gasteiger partial charge in [-0.05, 0) is 55.0 Å². The maximum Gasteiger partial charge on any atom is 0.251 e. The van der Waals surface area contributed by atoms with Gasteiger partial charge in [-0.2, -0.15) is 0 Å². The van der Waals surface area contributed by atoms with Gasteiger partial charge in [-0.15, -0.1) is 35.3 Å². The summed E-state index contributed by atoms with van der Waals surface area (Å²) in [6.45, 7) is 5.55. The molecule has 0 spiro atoms. The Bertz CT molecular complexity index is 788. The topological polar surface area (TPSA) is 68.8 Å². The Labute approximate surface area is 194 Å². The first kappa shape index (κ1) is 23.5. The second-order valence-electron chi connectivity index (χ2n) is 6.83. The highest BCUT2D eigenvalue weighted by Crippen LogP contribution is 2.24. The average Bonchev–Trinajstić information content (AvgIpc) is 3.27. The molecular formula is C21H30IN5OS. The Hall–Kier alpha value is -1.81. The van der Waals surface area contributed by atoms with E-state index in [1.165, 1.54) is 5.00 Å². The van der Waals surface area contributed by atoms with E-state index in [-0.39, 0.29) is 29.9 Å². The summed E-state index contributed by atoms with van der Waals surface area (Å²) in [5.74, 6) is 0.760. The standard InChI is InChI=1S/C21H29N5OS.HI/c1-3-23-21(24-15-16-6-4-7-17(14-16)20(27)22-2)25-18-9-11-26(12-10-18)19-8-5-13-28-19;/h4-8,13-14,18H,3,9-12,15H2,1-2H3,(H,22,27)(H2,23,24,25);1H. The number of piperidine rings is 1. The molecule has 3 N–H and O–H groups in total. The zero-order chi connectivity index (χ0) is 19.8. The third kappa shape index (κ3) is 6.88. The van der Waals surface area contributed by atoms with Crippen molar-refractivity contribution in [2.45, 2.75) is 32.4 Å². The van der Waals surface area contributed by atoms with Crippen LogP contribution in [0.25, 0.3) is 0 Å². The van der Waals surface area contributed by atoms with E-state index < -0.39 is 0 Å². The molecule has 1 aliphatic heterocycles. The van der Waals surface area contributed by atoms with E-state index in [0.29, 0.717) is 18.2 Å². The summed E-state index contributed by atoms with van der Waals surface area (Å²) in [4.78, 5) is 19.0. The van der Waals surface area contributed by atoms with Crippen LogP contribution in [0.1, 0.15) is 35.7 Å². The number of nitrogens with zero attached hydrogens (tertiary/aromatic N) is 2. The number of nitrogens with one attached hydrogen (secondary N) is 3. The normalized spacial score (nSPS) is 14.8. The van der Waals surface area contributed by atoms with Crippen LogP contribution in [-0.2, 0) is 6.54 Å². The van der Waals surface area contributed by atoms with E-state index in [4.69, 9.17) is 4.99 Å². The summed E-state index contributed by atoms with van der Waals surface area (Å²) in [5, 5.41) is 13.1. The lowest BCUT2D eigenvalue weighted by Crippen LogP contribution is -2.48. The summed E-state index contributed by atoms with van der Waals surface area (Å²) in [7, 11) is 1.64. The van der Waals surface area contributed by atoms with Crippen LogP contribution in [0.3, 0.4) is 0 Å². The maximum atomic E-state index is 11.8. The lowest BCUT2D eigenvalue weighted by atomic mass is 10.1. The van der Waals surface area contributed by atoms with Crippen LogP contribution in [-0.4, -0.2) is 44.6 Å². The molecule has 0 unspecified atom stereocenters. The molecule has 1 aromatic heterocycles. The van der Waals surface area contributed by atoms with E-state index in [2.05, 4.69) is 45.3 Å². The predicted molar refractivity (Wildman–Crippen MR) is 133 cm³/mol. The van der Waals surface area contributed by atoms with Crippen LogP contribution >= 0.6 is 35.3 Å². The lowest BCUT2D eigenvalue weighted by molar-refractivity contribution is 0.0963. The first-order valence-corrected chi connectivity index (χ1v) is 10.7. The second kappa shape index (κ2) is 12.0. The molecule has 0 radical (unpaired) electrons. The summed E-state index contributed by atoms with van der Waals surface area (Å²) >= 11 is 1.80. The van der Waals surface area contributed by atoms with Gasteiger partial charge in [0, 0.05) is 38.3 Å². The van der Waals surface area contributed by atoms with Crippen LogP contribution in [0.5, 0.6) is 0 Å². The monoisotopic (exact) mass is 527 g/mol. The molecule has 0 bridgehead atoms. The molecule has 158 valence electrons. The first-order valence-electron chi connectivity index (χ1n) is 9.84. The summed E-state index contributed by atoms with van der Waals surface area (Å²) < 4.78 is 0. The van der Waals surface area contributed by atoms with E-state index in [9.17, 15) is 4.79 Å². The van der Waals surface area contributed by atoms with Crippen molar-refractivity contribution in [1.82, 2.24) is 16.0 Å². The van der Waals surface area contributed by atoms with Crippen molar-refractivity contribution in [1.29, 1.82) is 0 Å². The number of rotatable bonds is 6. The molecular weight excluding hydrogens is 497 g/mol. The molecule has 29 heavy (non-hydrogen) atoms. The fourth-order valence-electron chi connectivity index (χ4n) is 3.33. The van der Waals surface area contributed by atoms with Crippen LogP contribution in [0.15, 0.2) is 46.8 Å². The van der Waals surface area contributed by atoms with Crippen LogP contribution < -0.4 is 20.9 Å². The predicted octanol–water partition coefficient (Wildman–Crippen LogP) is 3.45.